The minimum absolute atomic E-state index is 0.132. The van der Waals surface area contributed by atoms with Crippen molar-refractivity contribution in [2.45, 2.75) is 34.1 Å². The van der Waals surface area contributed by atoms with E-state index in [1.807, 2.05) is 32.0 Å². The van der Waals surface area contributed by atoms with Crippen LogP contribution in [-0.2, 0) is 14.3 Å². The Balaban J connectivity index is 1.74. The Morgan fingerprint density at radius 2 is 1.75 bits per heavy atom. The van der Waals surface area contributed by atoms with Gasteiger partial charge in [-0.15, -0.1) is 0 Å². The van der Waals surface area contributed by atoms with Crippen LogP contribution < -0.4 is 4.74 Å². The molecule has 5 nitrogen and oxygen atoms in total. The minimum atomic E-state index is -0.528. The van der Waals surface area contributed by atoms with Crippen LogP contribution in [0.5, 0.6) is 5.75 Å². The topological polar surface area (TPSA) is 55.8 Å². The Labute approximate surface area is 143 Å². The van der Waals surface area contributed by atoms with E-state index in [0.717, 1.165) is 25.1 Å². The Morgan fingerprint density at radius 3 is 2.38 bits per heavy atom. The second kappa shape index (κ2) is 8.18. The monoisotopic (exact) mass is 333 g/mol. The molecule has 132 valence electrons. The minimum Gasteiger partial charge on any atom is -0.482 e. The van der Waals surface area contributed by atoms with E-state index in [1.165, 1.54) is 5.56 Å². The summed E-state index contributed by atoms with van der Waals surface area (Å²) >= 11 is 0. The van der Waals surface area contributed by atoms with E-state index in [1.54, 1.807) is 4.90 Å². The third kappa shape index (κ3) is 5.25. The highest BCUT2D eigenvalue weighted by Gasteiger charge is 2.25. The fraction of sp³-hybridized carbons (Fsp3) is 0.579. The highest BCUT2D eigenvalue weighted by molar-refractivity contribution is 5.81. The third-order valence-electron chi connectivity index (χ3n) is 4.41. The van der Waals surface area contributed by atoms with Crippen LogP contribution in [0.3, 0.4) is 0 Å². The molecule has 0 aliphatic carbocycles. The van der Waals surface area contributed by atoms with Gasteiger partial charge in [0.2, 0.25) is 0 Å². The van der Waals surface area contributed by atoms with Gasteiger partial charge >= 0.3 is 5.97 Å². The quantitative estimate of drug-likeness (QED) is 0.778. The zero-order valence-corrected chi connectivity index (χ0v) is 15.0. The fourth-order valence-electron chi connectivity index (χ4n) is 3.09. The summed E-state index contributed by atoms with van der Waals surface area (Å²) in [7, 11) is 0. The molecule has 1 aliphatic heterocycles. The van der Waals surface area contributed by atoms with Gasteiger partial charge in [-0.1, -0.05) is 19.9 Å². The van der Waals surface area contributed by atoms with Gasteiger partial charge in [0.15, 0.2) is 13.2 Å². The van der Waals surface area contributed by atoms with Gasteiger partial charge in [-0.3, -0.25) is 4.79 Å². The number of ether oxygens (including phenoxy) is 2. The molecule has 0 saturated carbocycles. The smallest absolute Gasteiger partial charge is 0.344 e. The van der Waals surface area contributed by atoms with Crippen LogP contribution in [0.25, 0.3) is 0 Å². The van der Waals surface area contributed by atoms with Gasteiger partial charge in [0.05, 0.1) is 0 Å². The van der Waals surface area contributed by atoms with Gasteiger partial charge in [-0.25, -0.2) is 4.79 Å². The van der Waals surface area contributed by atoms with E-state index >= 15 is 0 Å². The molecule has 1 aromatic carbocycles. The molecular formula is C19H27NO4. The maximum atomic E-state index is 12.2. The van der Waals surface area contributed by atoms with Gasteiger partial charge in [0.25, 0.3) is 5.91 Å². The van der Waals surface area contributed by atoms with Crippen LogP contribution in [0.4, 0.5) is 0 Å². The van der Waals surface area contributed by atoms with Crippen molar-refractivity contribution in [1.29, 1.82) is 0 Å². The Morgan fingerprint density at radius 1 is 1.08 bits per heavy atom. The summed E-state index contributed by atoms with van der Waals surface area (Å²) < 4.78 is 10.5. The van der Waals surface area contributed by atoms with Crippen molar-refractivity contribution in [3.8, 4) is 5.75 Å². The molecule has 1 saturated heterocycles. The summed E-state index contributed by atoms with van der Waals surface area (Å²) in [5, 5.41) is 0. The lowest BCUT2D eigenvalue weighted by atomic mass is 9.92. The van der Waals surface area contributed by atoms with Crippen molar-refractivity contribution in [3.63, 3.8) is 0 Å². The molecule has 0 radical (unpaired) electrons. The van der Waals surface area contributed by atoms with Gasteiger partial charge in [0.1, 0.15) is 5.75 Å². The second-order valence-electron chi connectivity index (χ2n) is 6.94. The van der Waals surface area contributed by atoms with Crippen LogP contribution in [0, 0.1) is 25.7 Å². The number of rotatable bonds is 5. The highest BCUT2D eigenvalue weighted by atomic mass is 16.6. The molecule has 0 bridgehead atoms. The first-order chi connectivity index (χ1) is 11.3. The number of esters is 1. The zero-order chi connectivity index (χ0) is 17.7. The molecule has 1 aliphatic rings. The number of hydrogen-bond donors (Lipinski definition) is 0. The summed E-state index contributed by atoms with van der Waals surface area (Å²) in [6.45, 7) is 9.34. The second-order valence-corrected chi connectivity index (χ2v) is 6.94. The molecule has 2 rings (SSSR count). The van der Waals surface area contributed by atoms with Gasteiger partial charge in [0, 0.05) is 13.1 Å². The van der Waals surface area contributed by atoms with Crippen molar-refractivity contribution >= 4 is 11.9 Å². The normalized spacial score (nSPS) is 20.6. The maximum absolute atomic E-state index is 12.2. The summed E-state index contributed by atoms with van der Waals surface area (Å²) in [6, 6.07) is 5.64. The van der Waals surface area contributed by atoms with Crippen molar-refractivity contribution in [2.24, 2.45) is 11.8 Å². The first kappa shape index (κ1) is 18.3. The van der Waals surface area contributed by atoms with Crippen LogP contribution in [0.15, 0.2) is 18.2 Å². The molecule has 24 heavy (non-hydrogen) atoms. The van der Waals surface area contributed by atoms with E-state index in [-0.39, 0.29) is 19.1 Å². The van der Waals surface area contributed by atoms with Crippen molar-refractivity contribution in [1.82, 2.24) is 4.90 Å². The van der Waals surface area contributed by atoms with E-state index in [4.69, 9.17) is 9.47 Å². The largest absolute Gasteiger partial charge is 0.482 e. The number of amides is 1. The lowest BCUT2D eigenvalue weighted by molar-refractivity contribution is -0.154. The highest BCUT2D eigenvalue weighted by Crippen LogP contribution is 2.21. The average molecular weight is 333 g/mol. The van der Waals surface area contributed by atoms with Crippen molar-refractivity contribution in [3.05, 3.63) is 29.3 Å². The van der Waals surface area contributed by atoms with E-state index in [9.17, 15) is 9.59 Å². The fourth-order valence-corrected chi connectivity index (χ4v) is 3.09. The van der Waals surface area contributed by atoms with E-state index in [2.05, 4.69) is 13.8 Å². The lowest BCUT2D eigenvalue weighted by Gasteiger charge is -2.34. The van der Waals surface area contributed by atoms with E-state index in [0.29, 0.717) is 17.6 Å². The van der Waals surface area contributed by atoms with Gasteiger partial charge in [-0.2, -0.15) is 0 Å². The van der Waals surface area contributed by atoms with Crippen molar-refractivity contribution < 1.29 is 19.1 Å². The van der Waals surface area contributed by atoms with Crippen LogP contribution in [0.1, 0.15) is 31.4 Å². The standard InChI is InChI=1S/C19H27NO4/c1-13-7-14(2)10-20(9-13)18(21)11-24-19(22)12-23-17-6-5-15(3)16(4)8-17/h5-6,8,13-14H,7,9-12H2,1-4H3. The summed E-state index contributed by atoms with van der Waals surface area (Å²) in [6.07, 6.45) is 1.13. The number of carbonyl (C=O) groups is 2. The lowest BCUT2D eigenvalue weighted by Crippen LogP contribution is -2.44. The maximum Gasteiger partial charge on any atom is 0.344 e. The molecule has 0 spiro atoms. The predicted molar refractivity (Wildman–Crippen MR) is 91.9 cm³/mol. The molecular weight excluding hydrogens is 306 g/mol. The summed E-state index contributed by atoms with van der Waals surface area (Å²) in [4.78, 5) is 25.7. The molecule has 1 fully saturated rings. The molecule has 5 heteroatoms. The molecule has 1 aromatic rings. The number of piperidine rings is 1. The molecule has 0 aromatic heterocycles. The van der Waals surface area contributed by atoms with E-state index < -0.39 is 5.97 Å². The molecule has 0 N–H and O–H groups in total. The predicted octanol–water partition coefficient (Wildman–Crippen LogP) is 2.73. The average Bonchev–Trinajstić information content (AvgIpc) is 2.52. The number of likely N-dealkylation sites (tertiary alicyclic amines) is 1. The number of nitrogens with zero attached hydrogens (tertiary/aromatic N) is 1. The summed E-state index contributed by atoms with van der Waals surface area (Å²) in [5.41, 5.74) is 2.27. The van der Waals surface area contributed by atoms with Crippen LogP contribution in [0.2, 0.25) is 0 Å². The Kier molecular flexibility index (Phi) is 6.23. The molecule has 2 atom stereocenters. The van der Waals surface area contributed by atoms with Crippen molar-refractivity contribution in [2.75, 3.05) is 26.3 Å². The van der Waals surface area contributed by atoms with Gasteiger partial charge in [-0.05, 0) is 55.4 Å². The molecule has 2 unspecified atom stereocenters. The number of carbonyl (C=O) groups excluding carboxylic acids is 2. The third-order valence-corrected chi connectivity index (χ3v) is 4.41. The number of aryl methyl sites for hydroxylation is 2. The first-order valence-corrected chi connectivity index (χ1v) is 8.48. The molecule has 1 heterocycles. The zero-order valence-electron chi connectivity index (χ0n) is 15.0. The van der Waals surface area contributed by atoms with Crippen LogP contribution in [-0.4, -0.2) is 43.1 Å². The Bertz CT molecular complexity index is 589. The Hall–Kier alpha value is -2.04. The SMILES string of the molecule is Cc1ccc(OCC(=O)OCC(=O)N2CC(C)CC(C)C2)cc1C. The van der Waals surface area contributed by atoms with Gasteiger partial charge < -0.3 is 14.4 Å². The first-order valence-electron chi connectivity index (χ1n) is 8.48. The number of benzene rings is 1. The van der Waals surface area contributed by atoms with Crippen LogP contribution >= 0.6 is 0 Å². The number of hydrogen-bond acceptors (Lipinski definition) is 4. The molecule has 1 amide bonds. The summed E-state index contributed by atoms with van der Waals surface area (Å²) in [5.74, 6) is 0.940.